The number of benzene rings is 4. The van der Waals surface area contributed by atoms with Crippen LogP contribution in [0.1, 0.15) is 19.4 Å². The van der Waals surface area contributed by atoms with Crippen molar-refractivity contribution < 1.29 is 5.11 Å². The van der Waals surface area contributed by atoms with E-state index in [0.717, 1.165) is 27.5 Å². The van der Waals surface area contributed by atoms with E-state index in [-0.39, 0.29) is 11.8 Å². The summed E-state index contributed by atoms with van der Waals surface area (Å²) in [6.45, 7) is 4.05. The Morgan fingerprint density at radius 3 is 2.04 bits per heavy atom. The fourth-order valence-electron chi connectivity index (χ4n) is 3.40. The molecule has 2 nitrogen and oxygen atoms in total. The third-order valence-corrected chi connectivity index (χ3v) is 4.62. The van der Waals surface area contributed by atoms with E-state index in [0.29, 0.717) is 0 Å². The molecular formula is C24H21NO. The number of aliphatic imine (C=N–C) groups is 1. The Labute approximate surface area is 153 Å². The lowest BCUT2D eigenvalue weighted by atomic mass is 9.91. The summed E-state index contributed by atoms with van der Waals surface area (Å²) in [4.78, 5) is 4.43. The highest BCUT2D eigenvalue weighted by Crippen LogP contribution is 2.41. The van der Waals surface area contributed by atoms with Crippen LogP contribution >= 0.6 is 0 Å². The second-order valence-electron chi connectivity index (χ2n) is 6.81. The maximum Gasteiger partial charge on any atom is 0.132 e. The maximum absolute atomic E-state index is 11.0. The van der Waals surface area contributed by atoms with Crippen molar-refractivity contribution in [1.82, 2.24) is 0 Å². The Morgan fingerprint density at radius 1 is 0.808 bits per heavy atom. The Bertz CT molecular complexity index is 1070. The zero-order chi connectivity index (χ0) is 18.1. The van der Waals surface area contributed by atoms with Crippen LogP contribution in [0.2, 0.25) is 0 Å². The molecule has 128 valence electrons. The topological polar surface area (TPSA) is 32.6 Å². The molecular weight excluding hydrogens is 318 g/mol. The number of hydrogen-bond acceptors (Lipinski definition) is 2. The zero-order valence-electron chi connectivity index (χ0n) is 15.0. The Kier molecular flexibility index (Phi) is 4.18. The van der Waals surface area contributed by atoms with Gasteiger partial charge in [-0.05, 0) is 47.5 Å². The van der Waals surface area contributed by atoms with Crippen molar-refractivity contribution in [2.75, 3.05) is 0 Å². The molecule has 0 amide bonds. The minimum atomic E-state index is 0.191. The van der Waals surface area contributed by atoms with Crippen LogP contribution in [0.5, 0.6) is 5.75 Å². The van der Waals surface area contributed by atoms with Crippen molar-refractivity contribution in [2.24, 2.45) is 4.99 Å². The molecule has 26 heavy (non-hydrogen) atoms. The molecule has 0 saturated heterocycles. The van der Waals surface area contributed by atoms with Gasteiger partial charge in [-0.1, -0.05) is 60.7 Å². The normalized spacial score (nSPS) is 11.8. The van der Waals surface area contributed by atoms with Crippen LogP contribution in [0.3, 0.4) is 0 Å². The van der Waals surface area contributed by atoms with E-state index in [1.807, 2.05) is 56.3 Å². The number of rotatable bonds is 3. The standard InChI is InChI=1S/C24H21NO/c1-16(2)25-15-19-10-7-13-22(24(19)26)23-20-11-5-3-8-17(20)14-18-9-4-6-12-21(18)23/h3-16,26H,1-2H3. The van der Waals surface area contributed by atoms with Gasteiger partial charge in [0.25, 0.3) is 0 Å². The van der Waals surface area contributed by atoms with E-state index in [9.17, 15) is 5.11 Å². The van der Waals surface area contributed by atoms with Crippen molar-refractivity contribution in [3.8, 4) is 16.9 Å². The lowest BCUT2D eigenvalue weighted by Crippen LogP contribution is -1.93. The lowest BCUT2D eigenvalue weighted by molar-refractivity contribution is 0.476. The van der Waals surface area contributed by atoms with Gasteiger partial charge in [0.15, 0.2) is 0 Å². The molecule has 0 heterocycles. The average molecular weight is 339 g/mol. The summed E-state index contributed by atoms with van der Waals surface area (Å²) in [5.41, 5.74) is 2.65. The number of para-hydroxylation sites is 1. The highest BCUT2D eigenvalue weighted by atomic mass is 16.3. The predicted molar refractivity (Wildman–Crippen MR) is 111 cm³/mol. The third kappa shape index (κ3) is 2.84. The fourth-order valence-corrected chi connectivity index (χ4v) is 3.40. The Morgan fingerprint density at radius 2 is 1.42 bits per heavy atom. The van der Waals surface area contributed by atoms with Gasteiger partial charge in [-0.2, -0.15) is 0 Å². The highest BCUT2D eigenvalue weighted by Gasteiger charge is 2.14. The van der Waals surface area contributed by atoms with Crippen LogP contribution in [0.15, 0.2) is 77.8 Å². The van der Waals surface area contributed by atoms with Gasteiger partial charge in [0.1, 0.15) is 5.75 Å². The summed E-state index contributed by atoms with van der Waals surface area (Å²) in [5.74, 6) is 0.276. The first kappa shape index (κ1) is 16.3. The molecule has 0 radical (unpaired) electrons. The average Bonchev–Trinajstić information content (AvgIpc) is 2.65. The van der Waals surface area contributed by atoms with Crippen LogP contribution in [-0.2, 0) is 0 Å². The molecule has 0 bridgehead atoms. The Hall–Kier alpha value is -3.13. The number of phenols is 1. The summed E-state index contributed by atoms with van der Waals surface area (Å²) in [6, 6.07) is 24.9. The molecule has 0 unspecified atom stereocenters. The van der Waals surface area contributed by atoms with Gasteiger partial charge >= 0.3 is 0 Å². The first-order chi connectivity index (χ1) is 12.6. The monoisotopic (exact) mass is 339 g/mol. The molecule has 0 atom stereocenters. The largest absolute Gasteiger partial charge is 0.507 e. The van der Waals surface area contributed by atoms with Gasteiger partial charge in [0.05, 0.1) is 0 Å². The maximum atomic E-state index is 11.0. The van der Waals surface area contributed by atoms with Crippen molar-refractivity contribution in [3.63, 3.8) is 0 Å². The summed E-state index contributed by atoms with van der Waals surface area (Å²) >= 11 is 0. The molecule has 2 heteroatoms. The van der Waals surface area contributed by atoms with Crippen LogP contribution < -0.4 is 0 Å². The van der Waals surface area contributed by atoms with Crippen molar-refractivity contribution >= 4 is 27.8 Å². The first-order valence-electron chi connectivity index (χ1n) is 8.91. The van der Waals surface area contributed by atoms with E-state index in [1.165, 1.54) is 10.8 Å². The van der Waals surface area contributed by atoms with Crippen LogP contribution in [0.25, 0.3) is 32.7 Å². The SMILES string of the molecule is CC(C)N=Cc1cccc(-c2c3ccccc3cc3ccccc23)c1O. The molecule has 0 spiro atoms. The van der Waals surface area contributed by atoms with Gasteiger partial charge in [-0.15, -0.1) is 0 Å². The number of nitrogens with zero attached hydrogens (tertiary/aromatic N) is 1. The number of hydrogen-bond donors (Lipinski definition) is 1. The van der Waals surface area contributed by atoms with E-state index in [4.69, 9.17) is 0 Å². The smallest absolute Gasteiger partial charge is 0.132 e. The minimum Gasteiger partial charge on any atom is -0.507 e. The molecule has 4 rings (SSSR count). The van der Waals surface area contributed by atoms with E-state index in [1.54, 1.807) is 6.21 Å². The summed E-state index contributed by atoms with van der Waals surface area (Å²) in [6.07, 6.45) is 1.76. The Balaban J connectivity index is 2.06. The van der Waals surface area contributed by atoms with E-state index in [2.05, 4.69) is 35.3 Å². The van der Waals surface area contributed by atoms with Crippen LogP contribution in [0, 0.1) is 0 Å². The molecule has 4 aromatic carbocycles. The van der Waals surface area contributed by atoms with Gasteiger partial charge < -0.3 is 5.11 Å². The summed E-state index contributed by atoms with van der Waals surface area (Å²) in [7, 11) is 0. The molecule has 0 fully saturated rings. The second kappa shape index (κ2) is 6.64. The van der Waals surface area contributed by atoms with Crippen LogP contribution in [-0.4, -0.2) is 17.4 Å². The summed E-state index contributed by atoms with van der Waals surface area (Å²) in [5, 5.41) is 15.6. The van der Waals surface area contributed by atoms with Crippen molar-refractivity contribution in [3.05, 3.63) is 78.4 Å². The van der Waals surface area contributed by atoms with Gasteiger partial charge in [0.2, 0.25) is 0 Å². The number of aromatic hydroxyl groups is 1. The minimum absolute atomic E-state index is 0.191. The third-order valence-electron chi connectivity index (χ3n) is 4.62. The molecule has 4 aromatic rings. The fraction of sp³-hybridized carbons (Fsp3) is 0.125. The highest BCUT2D eigenvalue weighted by molar-refractivity contribution is 6.14. The lowest BCUT2D eigenvalue weighted by Gasteiger charge is -2.14. The van der Waals surface area contributed by atoms with Crippen molar-refractivity contribution in [1.29, 1.82) is 0 Å². The molecule has 0 aliphatic carbocycles. The number of fused-ring (bicyclic) bond motifs is 2. The molecule has 0 aromatic heterocycles. The first-order valence-corrected chi connectivity index (χ1v) is 8.91. The van der Waals surface area contributed by atoms with E-state index < -0.39 is 0 Å². The van der Waals surface area contributed by atoms with Gasteiger partial charge in [0, 0.05) is 28.9 Å². The van der Waals surface area contributed by atoms with Gasteiger partial charge in [-0.3, -0.25) is 4.99 Å². The molecule has 1 N–H and O–H groups in total. The number of phenolic OH excluding ortho intramolecular Hbond substituents is 1. The molecule has 0 aliphatic heterocycles. The van der Waals surface area contributed by atoms with Crippen LogP contribution in [0.4, 0.5) is 0 Å². The zero-order valence-corrected chi connectivity index (χ0v) is 15.0. The van der Waals surface area contributed by atoms with Crippen molar-refractivity contribution in [2.45, 2.75) is 19.9 Å². The van der Waals surface area contributed by atoms with E-state index >= 15 is 0 Å². The molecule has 0 aliphatic rings. The van der Waals surface area contributed by atoms with Gasteiger partial charge in [-0.25, -0.2) is 0 Å². The summed E-state index contributed by atoms with van der Waals surface area (Å²) < 4.78 is 0. The second-order valence-corrected chi connectivity index (χ2v) is 6.81. The predicted octanol–water partition coefficient (Wildman–Crippen LogP) is 6.19. The quantitative estimate of drug-likeness (QED) is 0.350. The molecule has 0 saturated carbocycles.